The van der Waals surface area contributed by atoms with Crippen LogP contribution >= 0.6 is 0 Å². The molecule has 0 amide bonds. The lowest BCUT2D eigenvalue weighted by Crippen LogP contribution is -2.13. The van der Waals surface area contributed by atoms with Gasteiger partial charge in [0.25, 0.3) is 0 Å². The Hall–Kier alpha value is -2.99. The monoisotopic (exact) mass is 368 g/mol. The number of rotatable bonds is 7. The average Bonchev–Trinajstić information content (AvgIpc) is 2.71. The minimum absolute atomic E-state index is 0.327. The highest BCUT2D eigenvalue weighted by molar-refractivity contribution is 5.96. The summed E-state index contributed by atoms with van der Waals surface area (Å²) < 4.78 is 16.0. The van der Waals surface area contributed by atoms with E-state index in [2.05, 4.69) is 10.3 Å². The number of hydrogen-bond donors (Lipinski definition) is 2. The summed E-state index contributed by atoms with van der Waals surface area (Å²) in [6.07, 6.45) is 1.07. The number of methoxy groups -OCH3 is 3. The van der Waals surface area contributed by atoms with E-state index in [1.54, 1.807) is 45.7 Å². The molecule has 2 aromatic carbocycles. The summed E-state index contributed by atoms with van der Waals surface area (Å²) in [6.45, 7) is 2.31. The molecule has 0 bridgehead atoms. The van der Waals surface area contributed by atoms with Crippen LogP contribution in [0.3, 0.4) is 0 Å². The molecule has 1 aromatic heterocycles. The maximum atomic E-state index is 10.7. The fourth-order valence-electron chi connectivity index (χ4n) is 3.03. The van der Waals surface area contributed by atoms with E-state index in [-0.39, 0.29) is 0 Å². The fourth-order valence-corrected chi connectivity index (χ4v) is 3.03. The van der Waals surface area contributed by atoms with E-state index in [1.807, 2.05) is 25.1 Å². The van der Waals surface area contributed by atoms with Gasteiger partial charge in [0.15, 0.2) is 0 Å². The molecule has 142 valence electrons. The third-order valence-electron chi connectivity index (χ3n) is 4.50. The molecule has 0 aliphatic heterocycles. The predicted molar refractivity (Wildman–Crippen MR) is 106 cm³/mol. The average molecular weight is 368 g/mol. The first-order chi connectivity index (χ1) is 13.1. The first-order valence-electron chi connectivity index (χ1n) is 8.64. The first kappa shape index (κ1) is 18.8. The van der Waals surface area contributed by atoms with Crippen molar-refractivity contribution >= 4 is 16.6 Å². The van der Waals surface area contributed by atoms with Crippen LogP contribution in [-0.2, 0) is 0 Å². The van der Waals surface area contributed by atoms with Crippen LogP contribution in [0.2, 0.25) is 0 Å². The molecule has 0 fully saturated rings. The highest BCUT2D eigenvalue weighted by Crippen LogP contribution is 2.32. The van der Waals surface area contributed by atoms with Crippen LogP contribution in [0.25, 0.3) is 10.9 Å². The maximum absolute atomic E-state index is 10.7. The van der Waals surface area contributed by atoms with Crippen LogP contribution in [-0.4, -0.2) is 38.0 Å². The molecule has 6 heteroatoms. The molecule has 2 N–H and O–H groups in total. The van der Waals surface area contributed by atoms with Gasteiger partial charge in [0.1, 0.15) is 22.8 Å². The number of anilines is 1. The number of ether oxygens (including phenoxy) is 3. The van der Waals surface area contributed by atoms with Gasteiger partial charge in [0, 0.05) is 29.9 Å². The molecule has 0 aliphatic rings. The Morgan fingerprint density at radius 1 is 1.04 bits per heavy atom. The van der Waals surface area contributed by atoms with Crippen molar-refractivity contribution in [2.24, 2.45) is 0 Å². The van der Waals surface area contributed by atoms with Crippen LogP contribution in [0.4, 0.5) is 5.69 Å². The molecular weight excluding hydrogens is 344 g/mol. The number of nitrogens with one attached hydrogen (secondary N) is 1. The molecule has 1 unspecified atom stereocenters. The third-order valence-corrected chi connectivity index (χ3v) is 4.50. The lowest BCUT2D eigenvalue weighted by molar-refractivity contribution is 0.190. The van der Waals surface area contributed by atoms with Gasteiger partial charge in [0.2, 0.25) is 0 Å². The van der Waals surface area contributed by atoms with Crippen molar-refractivity contribution in [1.29, 1.82) is 0 Å². The van der Waals surface area contributed by atoms with E-state index in [0.717, 1.165) is 22.2 Å². The smallest absolute Gasteiger partial charge is 0.145 e. The van der Waals surface area contributed by atoms with Crippen molar-refractivity contribution in [3.63, 3.8) is 0 Å². The maximum Gasteiger partial charge on any atom is 0.145 e. The number of pyridine rings is 1. The zero-order valence-electron chi connectivity index (χ0n) is 15.9. The zero-order valence-corrected chi connectivity index (χ0v) is 15.9. The van der Waals surface area contributed by atoms with Crippen molar-refractivity contribution in [3.8, 4) is 17.2 Å². The molecule has 27 heavy (non-hydrogen) atoms. The van der Waals surface area contributed by atoms with E-state index in [0.29, 0.717) is 29.4 Å². The SMILES string of the molecule is COc1cc(OC)cc(C(O)CNc2c(C)cnc3c(OC)cccc23)c1. The highest BCUT2D eigenvalue weighted by Gasteiger charge is 2.14. The van der Waals surface area contributed by atoms with Crippen LogP contribution < -0.4 is 19.5 Å². The summed E-state index contributed by atoms with van der Waals surface area (Å²) in [4.78, 5) is 4.48. The third kappa shape index (κ3) is 3.90. The molecule has 6 nitrogen and oxygen atoms in total. The normalized spacial score (nSPS) is 11.9. The summed E-state index contributed by atoms with van der Waals surface area (Å²) in [5.74, 6) is 1.99. The predicted octanol–water partition coefficient (Wildman–Crippen LogP) is 3.71. The van der Waals surface area contributed by atoms with Gasteiger partial charge < -0.3 is 24.6 Å². The number of nitrogens with zero attached hydrogens (tertiary/aromatic N) is 1. The van der Waals surface area contributed by atoms with E-state index in [4.69, 9.17) is 14.2 Å². The van der Waals surface area contributed by atoms with Crippen molar-refractivity contribution in [3.05, 3.63) is 53.7 Å². The minimum atomic E-state index is -0.734. The van der Waals surface area contributed by atoms with Gasteiger partial charge >= 0.3 is 0 Å². The van der Waals surface area contributed by atoms with Crippen LogP contribution in [0.15, 0.2) is 42.6 Å². The van der Waals surface area contributed by atoms with E-state index < -0.39 is 6.10 Å². The number of benzene rings is 2. The second-order valence-electron chi connectivity index (χ2n) is 6.22. The van der Waals surface area contributed by atoms with Crippen molar-refractivity contribution < 1.29 is 19.3 Å². The Bertz CT molecular complexity index is 921. The molecule has 0 spiro atoms. The Morgan fingerprint density at radius 3 is 2.37 bits per heavy atom. The highest BCUT2D eigenvalue weighted by atomic mass is 16.5. The van der Waals surface area contributed by atoms with Crippen LogP contribution in [0.1, 0.15) is 17.2 Å². The molecule has 0 radical (unpaired) electrons. The summed E-state index contributed by atoms with van der Waals surface area (Å²) in [5, 5.41) is 15.0. The summed E-state index contributed by atoms with van der Waals surface area (Å²) in [7, 11) is 4.80. The number of aryl methyl sites for hydroxylation is 1. The topological polar surface area (TPSA) is 72.8 Å². The Balaban J connectivity index is 1.87. The van der Waals surface area contributed by atoms with Crippen LogP contribution in [0.5, 0.6) is 17.2 Å². The number of aliphatic hydroxyl groups is 1. The van der Waals surface area contributed by atoms with Crippen molar-refractivity contribution in [2.75, 3.05) is 33.2 Å². The van der Waals surface area contributed by atoms with Crippen molar-refractivity contribution in [2.45, 2.75) is 13.0 Å². The van der Waals surface area contributed by atoms with Gasteiger partial charge in [-0.05, 0) is 36.2 Å². The Morgan fingerprint density at radius 2 is 1.74 bits per heavy atom. The van der Waals surface area contributed by atoms with Gasteiger partial charge in [-0.3, -0.25) is 4.98 Å². The number of para-hydroxylation sites is 1. The number of hydrogen-bond acceptors (Lipinski definition) is 6. The molecule has 0 saturated heterocycles. The quantitative estimate of drug-likeness (QED) is 0.662. The first-order valence-corrected chi connectivity index (χ1v) is 8.64. The van der Waals surface area contributed by atoms with Crippen molar-refractivity contribution in [1.82, 2.24) is 4.98 Å². The van der Waals surface area contributed by atoms with Gasteiger partial charge in [-0.2, -0.15) is 0 Å². The summed E-state index contributed by atoms with van der Waals surface area (Å²) >= 11 is 0. The van der Waals surface area contributed by atoms with Gasteiger partial charge in [-0.15, -0.1) is 0 Å². The molecule has 3 aromatic rings. The molecule has 3 rings (SSSR count). The Kier molecular flexibility index (Phi) is 5.66. The number of aliphatic hydroxyl groups excluding tert-OH is 1. The van der Waals surface area contributed by atoms with E-state index in [1.165, 1.54) is 0 Å². The standard InChI is InChI=1S/C21H24N2O4/c1-13-11-22-21-17(6-5-7-19(21)27-4)20(13)23-12-18(24)14-8-15(25-2)10-16(9-14)26-3/h5-11,18,24H,12H2,1-4H3,(H,22,23). The molecule has 0 aliphatic carbocycles. The Labute approximate surface area is 158 Å². The number of aromatic nitrogens is 1. The fraction of sp³-hybridized carbons (Fsp3) is 0.286. The van der Waals surface area contributed by atoms with E-state index in [9.17, 15) is 5.11 Å². The van der Waals surface area contributed by atoms with Gasteiger partial charge in [-0.25, -0.2) is 0 Å². The molecule has 1 atom stereocenters. The summed E-state index contributed by atoms with van der Waals surface area (Å²) in [6, 6.07) is 11.2. The van der Waals surface area contributed by atoms with Gasteiger partial charge in [0.05, 0.1) is 27.4 Å². The minimum Gasteiger partial charge on any atom is -0.497 e. The largest absolute Gasteiger partial charge is 0.497 e. The lowest BCUT2D eigenvalue weighted by Gasteiger charge is -2.18. The second-order valence-corrected chi connectivity index (χ2v) is 6.22. The second kappa shape index (κ2) is 8.14. The molecule has 1 heterocycles. The summed E-state index contributed by atoms with van der Waals surface area (Å²) in [5.41, 5.74) is 3.41. The number of fused-ring (bicyclic) bond motifs is 1. The van der Waals surface area contributed by atoms with E-state index >= 15 is 0 Å². The van der Waals surface area contributed by atoms with Crippen LogP contribution in [0, 0.1) is 6.92 Å². The molecule has 0 saturated carbocycles. The lowest BCUT2D eigenvalue weighted by atomic mass is 10.1. The zero-order chi connectivity index (χ0) is 19.4. The van der Waals surface area contributed by atoms with Gasteiger partial charge in [-0.1, -0.05) is 12.1 Å². The molecular formula is C21H24N2O4.